The molecule has 0 amide bonds. The van der Waals surface area contributed by atoms with E-state index in [-0.39, 0.29) is 5.92 Å². The van der Waals surface area contributed by atoms with Gasteiger partial charge in [-0.1, -0.05) is 41.9 Å². The lowest BCUT2D eigenvalue weighted by Crippen LogP contribution is -2.36. The zero-order valence-electron chi connectivity index (χ0n) is 16.4. The molecule has 6 heteroatoms. The molecule has 0 radical (unpaired) electrons. The lowest BCUT2D eigenvalue weighted by atomic mass is 9.86. The van der Waals surface area contributed by atoms with Crippen molar-refractivity contribution in [3.63, 3.8) is 0 Å². The van der Waals surface area contributed by atoms with Gasteiger partial charge in [0, 0.05) is 54.4 Å². The molecule has 0 aliphatic carbocycles. The second kappa shape index (κ2) is 8.80. The minimum absolute atomic E-state index is 0.202. The monoisotopic (exact) mass is 408 g/mol. The quantitative estimate of drug-likeness (QED) is 0.635. The fourth-order valence-electron chi connectivity index (χ4n) is 4.02. The predicted octanol–water partition coefficient (Wildman–Crippen LogP) is 4.79. The van der Waals surface area contributed by atoms with Crippen molar-refractivity contribution in [3.05, 3.63) is 71.5 Å². The van der Waals surface area contributed by atoms with Crippen molar-refractivity contribution in [1.29, 1.82) is 0 Å². The van der Waals surface area contributed by atoms with E-state index in [0.717, 1.165) is 59.3 Å². The minimum Gasteiger partial charge on any atom is -0.388 e. The first-order valence-corrected chi connectivity index (χ1v) is 10.3. The molecule has 1 unspecified atom stereocenters. The van der Waals surface area contributed by atoms with Crippen molar-refractivity contribution < 1.29 is 5.11 Å². The maximum atomic E-state index is 11.1. The van der Waals surface area contributed by atoms with E-state index < -0.39 is 6.10 Å². The fraction of sp³-hybridized carbons (Fsp3) is 0.304. The van der Waals surface area contributed by atoms with Gasteiger partial charge in [0.05, 0.1) is 6.10 Å². The van der Waals surface area contributed by atoms with Gasteiger partial charge in [-0.25, -0.2) is 9.97 Å². The molecule has 1 aliphatic heterocycles. The summed E-state index contributed by atoms with van der Waals surface area (Å²) in [5.74, 6) is 0.966. The molecule has 1 saturated heterocycles. The second-order valence-electron chi connectivity index (χ2n) is 7.35. The van der Waals surface area contributed by atoms with E-state index in [0.29, 0.717) is 0 Å². The molecule has 2 N–H and O–H groups in total. The molecule has 1 aromatic heterocycles. The lowest BCUT2D eigenvalue weighted by Gasteiger charge is -2.34. The number of nitrogens with one attached hydrogen (secondary N) is 1. The maximum Gasteiger partial charge on any atom is 0.225 e. The van der Waals surface area contributed by atoms with Crippen LogP contribution in [0.25, 0.3) is 11.1 Å². The number of benzene rings is 2. The highest BCUT2D eigenvalue weighted by molar-refractivity contribution is 6.33. The van der Waals surface area contributed by atoms with E-state index in [9.17, 15) is 5.11 Å². The van der Waals surface area contributed by atoms with Crippen LogP contribution in [0.15, 0.2) is 60.9 Å². The average molecular weight is 409 g/mol. The van der Waals surface area contributed by atoms with E-state index in [4.69, 9.17) is 11.6 Å². The zero-order chi connectivity index (χ0) is 20.2. The van der Waals surface area contributed by atoms with Gasteiger partial charge < -0.3 is 15.3 Å². The van der Waals surface area contributed by atoms with Gasteiger partial charge in [0.15, 0.2) is 0 Å². The highest BCUT2D eigenvalue weighted by Crippen LogP contribution is 2.37. The van der Waals surface area contributed by atoms with Crippen LogP contribution in [-0.2, 0) is 0 Å². The third kappa shape index (κ3) is 4.21. The van der Waals surface area contributed by atoms with Gasteiger partial charge in [-0.05, 0) is 42.5 Å². The van der Waals surface area contributed by atoms with Gasteiger partial charge in [0.2, 0.25) is 5.95 Å². The summed E-state index contributed by atoms with van der Waals surface area (Å²) in [6.45, 7) is 1.69. The molecule has 1 fully saturated rings. The first kappa shape index (κ1) is 19.7. The zero-order valence-corrected chi connectivity index (χ0v) is 17.2. The number of hydrogen-bond donors (Lipinski definition) is 2. The number of anilines is 2. The Morgan fingerprint density at radius 1 is 1.07 bits per heavy atom. The van der Waals surface area contributed by atoms with E-state index in [2.05, 4.69) is 26.3 Å². The molecule has 4 rings (SSSR count). The molecular formula is C23H25ClN4O. The number of rotatable bonds is 5. The average Bonchev–Trinajstić information content (AvgIpc) is 2.79. The van der Waals surface area contributed by atoms with Crippen LogP contribution >= 0.6 is 11.6 Å². The maximum absolute atomic E-state index is 11.1. The summed E-state index contributed by atoms with van der Waals surface area (Å²) in [5, 5.41) is 15.1. The topological polar surface area (TPSA) is 61.3 Å². The van der Waals surface area contributed by atoms with Gasteiger partial charge in [0.25, 0.3) is 0 Å². The minimum atomic E-state index is -0.517. The standard InChI is InChI=1S/C23H25ClN4O/c1-25-21-15-17(18-5-2-3-6-20(18)24)7-8-19(21)22(29)16-9-13-28(14-10-16)23-26-11-4-12-27-23/h2-8,11-12,15-16,22,25,29H,9-10,13-14H2,1H3. The highest BCUT2D eigenvalue weighted by atomic mass is 35.5. The van der Waals surface area contributed by atoms with E-state index in [1.807, 2.05) is 49.5 Å². The van der Waals surface area contributed by atoms with Crippen LogP contribution in [0.2, 0.25) is 5.02 Å². The van der Waals surface area contributed by atoms with E-state index in [1.54, 1.807) is 12.4 Å². The molecule has 0 bridgehead atoms. The number of aliphatic hydroxyl groups is 1. The summed E-state index contributed by atoms with van der Waals surface area (Å²) in [6, 6.07) is 15.7. The number of aliphatic hydroxyl groups excluding tert-OH is 1. The van der Waals surface area contributed by atoms with Crippen LogP contribution < -0.4 is 10.2 Å². The van der Waals surface area contributed by atoms with Crippen molar-refractivity contribution in [2.75, 3.05) is 30.4 Å². The summed E-state index contributed by atoms with van der Waals surface area (Å²) in [7, 11) is 1.89. The normalized spacial score (nSPS) is 15.9. The molecular weight excluding hydrogens is 384 g/mol. The Morgan fingerprint density at radius 2 is 1.79 bits per heavy atom. The fourth-order valence-corrected chi connectivity index (χ4v) is 4.26. The Bertz CT molecular complexity index is 958. The summed E-state index contributed by atoms with van der Waals surface area (Å²) in [6.07, 6.45) is 4.81. The molecule has 0 saturated carbocycles. The molecule has 2 heterocycles. The Hall–Kier alpha value is -2.63. The molecule has 3 aromatic rings. The third-order valence-corrected chi connectivity index (χ3v) is 5.98. The Kier molecular flexibility index (Phi) is 5.97. The number of aromatic nitrogens is 2. The number of piperidine rings is 1. The summed E-state index contributed by atoms with van der Waals surface area (Å²) >= 11 is 6.36. The highest BCUT2D eigenvalue weighted by Gasteiger charge is 2.28. The van der Waals surface area contributed by atoms with Crippen molar-refractivity contribution in [1.82, 2.24) is 9.97 Å². The molecule has 2 aromatic carbocycles. The van der Waals surface area contributed by atoms with Gasteiger partial charge in [-0.2, -0.15) is 0 Å². The van der Waals surface area contributed by atoms with Crippen LogP contribution in [0.1, 0.15) is 24.5 Å². The van der Waals surface area contributed by atoms with Gasteiger partial charge >= 0.3 is 0 Å². The van der Waals surface area contributed by atoms with Gasteiger partial charge in [-0.3, -0.25) is 0 Å². The Labute approximate surface area is 176 Å². The predicted molar refractivity (Wildman–Crippen MR) is 118 cm³/mol. The van der Waals surface area contributed by atoms with Gasteiger partial charge in [-0.15, -0.1) is 0 Å². The first-order chi connectivity index (χ1) is 14.2. The van der Waals surface area contributed by atoms with Crippen molar-refractivity contribution >= 4 is 23.2 Å². The van der Waals surface area contributed by atoms with Gasteiger partial charge in [0.1, 0.15) is 0 Å². The van der Waals surface area contributed by atoms with Crippen LogP contribution in [0.5, 0.6) is 0 Å². The van der Waals surface area contributed by atoms with Crippen LogP contribution in [0.3, 0.4) is 0 Å². The molecule has 5 nitrogen and oxygen atoms in total. The number of hydrogen-bond acceptors (Lipinski definition) is 5. The SMILES string of the molecule is CNc1cc(-c2ccccc2Cl)ccc1C(O)C1CCN(c2ncccn2)CC1. The number of nitrogens with zero attached hydrogens (tertiary/aromatic N) is 3. The number of halogens is 1. The van der Waals surface area contributed by atoms with E-state index >= 15 is 0 Å². The third-order valence-electron chi connectivity index (χ3n) is 5.65. The molecule has 150 valence electrons. The van der Waals surface area contributed by atoms with E-state index in [1.165, 1.54) is 0 Å². The summed E-state index contributed by atoms with van der Waals surface area (Å²) in [5.41, 5.74) is 3.89. The Balaban J connectivity index is 1.50. The van der Waals surface area contributed by atoms with Crippen molar-refractivity contribution in [2.24, 2.45) is 5.92 Å². The summed E-state index contributed by atoms with van der Waals surface area (Å²) in [4.78, 5) is 10.9. The molecule has 29 heavy (non-hydrogen) atoms. The smallest absolute Gasteiger partial charge is 0.225 e. The molecule has 1 atom stereocenters. The van der Waals surface area contributed by atoms with Crippen molar-refractivity contribution in [2.45, 2.75) is 18.9 Å². The Morgan fingerprint density at radius 3 is 2.48 bits per heavy atom. The summed E-state index contributed by atoms with van der Waals surface area (Å²) < 4.78 is 0. The molecule has 1 aliphatic rings. The largest absolute Gasteiger partial charge is 0.388 e. The lowest BCUT2D eigenvalue weighted by molar-refractivity contribution is 0.0934. The van der Waals surface area contributed by atoms with Crippen LogP contribution in [0, 0.1) is 5.92 Å². The molecule has 0 spiro atoms. The van der Waals surface area contributed by atoms with Crippen molar-refractivity contribution in [3.8, 4) is 11.1 Å². The second-order valence-corrected chi connectivity index (χ2v) is 7.76. The first-order valence-electron chi connectivity index (χ1n) is 9.94. The van der Waals surface area contributed by atoms with Crippen LogP contribution in [-0.4, -0.2) is 35.2 Å². The van der Waals surface area contributed by atoms with Crippen LogP contribution in [0.4, 0.5) is 11.6 Å².